The summed E-state index contributed by atoms with van der Waals surface area (Å²) in [5.41, 5.74) is 5.45. The molecule has 0 aliphatic carbocycles. The molecule has 1 aliphatic heterocycles. The summed E-state index contributed by atoms with van der Waals surface area (Å²) >= 11 is 0. The van der Waals surface area contributed by atoms with E-state index in [1.807, 2.05) is 0 Å². The van der Waals surface area contributed by atoms with Crippen LogP contribution in [-0.2, 0) is 30.5 Å². The van der Waals surface area contributed by atoms with Gasteiger partial charge >= 0.3 is 6.18 Å². The second-order valence-corrected chi connectivity index (χ2v) is 6.02. The first-order valence-electron chi connectivity index (χ1n) is 7.75. The van der Waals surface area contributed by atoms with Crippen LogP contribution in [0.2, 0.25) is 0 Å². The molecule has 27 heavy (non-hydrogen) atoms. The fraction of sp³-hybridized carbons (Fsp3) is 0.400. The highest BCUT2D eigenvalue weighted by Crippen LogP contribution is 2.29. The standard InChI is InChI=1S/C15H13F6N5O/c16-8-5-10(18)9(17)3-7(8)4-11(22)13(27)25-1-2-26-12(6-25)23-24-14(26)15(19,20)21/h3,5,11H,1-2,4,6,22H2/t11-/m1/s1. The Morgan fingerprint density at radius 3 is 2.44 bits per heavy atom. The first-order valence-corrected chi connectivity index (χ1v) is 7.75. The average Bonchev–Trinajstić information content (AvgIpc) is 3.02. The van der Waals surface area contributed by atoms with E-state index in [1.54, 1.807) is 0 Å². The first-order chi connectivity index (χ1) is 12.6. The van der Waals surface area contributed by atoms with Gasteiger partial charge in [-0.1, -0.05) is 0 Å². The van der Waals surface area contributed by atoms with Crippen LogP contribution in [0.15, 0.2) is 12.1 Å². The Labute approximate surface area is 148 Å². The molecule has 0 radical (unpaired) electrons. The molecule has 0 unspecified atom stereocenters. The molecule has 1 aromatic carbocycles. The van der Waals surface area contributed by atoms with Gasteiger partial charge in [0, 0.05) is 19.2 Å². The smallest absolute Gasteiger partial charge is 0.332 e. The minimum atomic E-state index is -4.67. The number of aromatic nitrogens is 3. The quantitative estimate of drug-likeness (QED) is 0.635. The van der Waals surface area contributed by atoms with Crippen molar-refractivity contribution < 1.29 is 31.1 Å². The predicted molar refractivity (Wildman–Crippen MR) is 78.4 cm³/mol. The van der Waals surface area contributed by atoms with Crippen LogP contribution in [0.3, 0.4) is 0 Å². The Bertz CT molecular complexity index is 880. The second-order valence-electron chi connectivity index (χ2n) is 6.02. The maximum absolute atomic E-state index is 13.7. The molecule has 1 aliphatic rings. The van der Waals surface area contributed by atoms with E-state index in [4.69, 9.17) is 5.73 Å². The van der Waals surface area contributed by atoms with Gasteiger partial charge in [-0.25, -0.2) is 13.2 Å². The maximum atomic E-state index is 13.7. The Hall–Kier alpha value is -2.63. The summed E-state index contributed by atoms with van der Waals surface area (Å²) in [7, 11) is 0. The van der Waals surface area contributed by atoms with E-state index >= 15 is 0 Å². The summed E-state index contributed by atoms with van der Waals surface area (Å²) in [6, 6.07) is -0.328. The number of nitrogens with zero attached hydrogens (tertiary/aromatic N) is 4. The van der Waals surface area contributed by atoms with E-state index in [0.717, 1.165) is 9.47 Å². The molecule has 0 bridgehead atoms. The summed E-state index contributed by atoms with van der Waals surface area (Å²) in [6.45, 7) is -0.522. The number of hydrogen-bond donors (Lipinski definition) is 1. The van der Waals surface area contributed by atoms with Crippen LogP contribution in [-0.4, -0.2) is 38.2 Å². The number of carbonyl (C=O) groups is 1. The van der Waals surface area contributed by atoms with Crippen LogP contribution in [0.1, 0.15) is 17.2 Å². The lowest BCUT2D eigenvalue weighted by Crippen LogP contribution is -2.48. The fourth-order valence-electron chi connectivity index (χ4n) is 2.83. The minimum absolute atomic E-state index is 0.0619. The van der Waals surface area contributed by atoms with Gasteiger partial charge in [0.2, 0.25) is 11.7 Å². The van der Waals surface area contributed by atoms with Gasteiger partial charge in [-0.05, 0) is 18.1 Å². The van der Waals surface area contributed by atoms with E-state index in [1.165, 1.54) is 0 Å². The molecule has 0 saturated heterocycles. The molecule has 2 N–H and O–H groups in total. The van der Waals surface area contributed by atoms with Crippen LogP contribution in [0.25, 0.3) is 0 Å². The number of amides is 1. The van der Waals surface area contributed by atoms with E-state index < -0.39 is 47.8 Å². The predicted octanol–water partition coefficient (Wildman–Crippen LogP) is 1.63. The zero-order valence-corrected chi connectivity index (χ0v) is 13.6. The number of carbonyl (C=O) groups excluding carboxylic acids is 1. The molecule has 6 nitrogen and oxygen atoms in total. The molecule has 12 heteroatoms. The normalized spacial score (nSPS) is 15.6. The SMILES string of the molecule is N[C@H](Cc1cc(F)c(F)cc1F)C(=O)N1CCn2c(nnc2C(F)(F)F)C1. The van der Waals surface area contributed by atoms with Crippen LogP contribution in [0.4, 0.5) is 26.3 Å². The number of hydrogen-bond acceptors (Lipinski definition) is 4. The highest BCUT2D eigenvalue weighted by molar-refractivity contribution is 5.82. The Morgan fingerprint density at radius 1 is 1.11 bits per heavy atom. The van der Waals surface area contributed by atoms with Gasteiger partial charge in [-0.15, -0.1) is 10.2 Å². The van der Waals surface area contributed by atoms with Crippen molar-refractivity contribution in [2.45, 2.75) is 31.7 Å². The Kier molecular flexibility index (Phi) is 4.84. The lowest BCUT2D eigenvalue weighted by molar-refractivity contribution is -0.148. The fourth-order valence-corrected chi connectivity index (χ4v) is 2.83. The van der Waals surface area contributed by atoms with Gasteiger partial charge in [-0.3, -0.25) is 4.79 Å². The number of alkyl halides is 3. The third kappa shape index (κ3) is 3.75. The van der Waals surface area contributed by atoms with Crippen LogP contribution >= 0.6 is 0 Å². The molecular formula is C15H13F6N5O. The molecule has 0 fully saturated rings. The lowest BCUT2D eigenvalue weighted by atomic mass is 10.0. The largest absolute Gasteiger partial charge is 0.451 e. The van der Waals surface area contributed by atoms with E-state index in [2.05, 4.69) is 10.2 Å². The van der Waals surface area contributed by atoms with E-state index in [0.29, 0.717) is 12.1 Å². The van der Waals surface area contributed by atoms with Crippen molar-refractivity contribution in [3.05, 3.63) is 46.8 Å². The van der Waals surface area contributed by atoms with Crippen molar-refractivity contribution >= 4 is 5.91 Å². The van der Waals surface area contributed by atoms with Crippen molar-refractivity contribution in [1.29, 1.82) is 0 Å². The zero-order valence-electron chi connectivity index (χ0n) is 13.6. The second kappa shape index (κ2) is 6.83. The Morgan fingerprint density at radius 2 is 1.78 bits per heavy atom. The number of benzene rings is 1. The third-order valence-corrected chi connectivity index (χ3v) is 4.16. The Balaban J connectivity index is 1.72. The van der Waals surface area contributed by atoms with Gasteiger partial charge in [0.05, 0.1) is 12.6 Å². The summed E-state index contributed by atoms with van der Waals surface area (Å²) in [6.07, 6.45) is -5.07. The number of halogens is 6. The topological polar surface area (TPSA) is 77.0 Å². The molecule has 0 saturated carbocycles. The average molecular weight is 393 g/mol. The highest BCUT2D eigenvalue weighted by Gasteiger charge is 2.40. The van der Waals surface area contributed by atoms with Crippen LogP contribution in [0, 0.1) is 17.5 Å². The van der Waals surface area contributed by atoms with Crippen molar-refractivity contribution in [3.63, 3.8) is 0 Å². The van der Waals surface area contributed by atoms with Gasteiger partial charge in [0.25, 0.3) is 0 Å². The molecule has 2 aromatic rings. The van der Waals surface area contributed by atoms with Crippen molar-refractivity contribution in [1.82, 2.24) is 19.7 Å². The summed E-state index contributed by atoms with van der Waals surface area (Å²) in [5.74, 6) is -5.60. The van der Waals surface area contributed by atoms with Gasteiger partial charge in [-0.2, -0.15) is 13.2 Å². The molecule has 1 atom stereocenters. The molecule has 0 spiro atoms. The summed E-state index contributed by atoms with van der Waals surface area (Å²) < 4.78 is 79.2. The lowest BCUT2D eigenvalue weighted by Gasteiger charge is -2.30. The molecule has 3 rings (SSSR count). The highest BCUT2D eigenvalue weighted by atomic mass is 19.4. The van der Waals surface area contributed by atoms with Crippen LogP contribution in [0.5, 0.6) is 0 Å². The first kappa shape index (κ1) is 19.1. The summed E-state index contributed by atoms with van der Waals surface area (Å²) in [5, 5.41) is 6.54. The van der Waals surface area contributed by atoms with Crippen molar-refractivity contribution in [2.75, 3.05) is 6.54 Å². The number of nitrogens with two attached hydrogens (primary N) is 1. The van der Waals surface area contributed by atoms with E-state index in [-0.39, 0.29) is 31.0 Å². The molecule has 146 valence electrons. The van der Waals surface area contributed by atoms with Gasteiger partial charge in [0.15, 0.2) is 17.5 Å². The molecule has 1 aromatic heterocycles. The third-order valence-electron chi connectivity index (χ3n) is 4.16. The zero-order chi connectivity index (χ0) is 19.9. The molecule has 1 amide bonds. The number of rotatable bonds is 3. The molecule has 2 heterocycles. The molecular weight excluding hydrogens is 380 g/mol. The summed E-state index contributed by atoms with van der Waals surface area (Å²) in [4.78, 5) is 13.6. The van der Waals surface area contributed by atoms with Crippen LogP contribution < -0.4 is 5.73 Å². The van der Waals surface area contributed by atoms with E-state index in [9.17, 15) is 31.1 Å². The van der Waals surface area contributed by atoms with Gasteiger partial charge in [0.1, 0.15) is 5.82 Å². The maximum Gasteiger partial charge on any atom is 0.451 e. The van der Waals surface area contributed by atoms with Gasteiger partial charge < -0.3 is 15.2 Å². The number of fused-ring (bicyclic) bond motifs is 1. The van der Waals surface area contributed by atoms with Crippen molar-refractivity contribution in [3.8, 4) is 0 Å². The van der Waals surface area contributed by atoms with Crippen molar-refractivity contribution in [2.24, 2.45) is 5.73 Å². The monoisotopic (exact) mass is 393 g/mol. The minimum Gasteiger partial charge on any atom is -0.332 e.